The molecule has 0 heterocycles. The highest BCUT2D eigenvalue weighted by Gasteiger charge is 2.09. The van der Waals surface area contributed by atoms with Gasteiger partial charge in [-0.2, -0.15) is 0 Å². The van der Waals surface area contributed by atoms with E-state index in [9.17, 15) is 4.79 Å². The molecule has 0 N–H and O–H groups in total. The van der Waals surface area contributed by atoms with Crippen molar-refractivity contribution in [1.29, 1.82) is 0 Å². The van der Waals surface area contributed by atoms with Crippen molar-refractivity contribution in [3.8, 4) is 16.9 Å². The van der Waals surface area contributed by atoms with Gasteiger partial charge in [0.05, 0.1) is 7.11 Å². The van der Waals surface area contributed by atoms with Crippen LogP contribution < -0.4 is 4.74 Å². The topological polar surface area (TPSA) is 26.3 Å². The summed E-state index contributed by atoms with van der Waals surface area (Å²) in [7, 11) is 1.68. The predicted molar refractivity (Wildman–Crippen MR) is 82.0 cm³/mol. The second-order valence-corrected chi connectivity index (χ2v) is 5.19. The molecule has 0 atom stereocenters. The van der Waals surface area contributed by atoms with Gasteiger partial charge in [0.25, 0.3) is 0 Å². The number of ether oxygens (including phenoxy) is 1. The Morgan fingerprint density at radius 1 is 1.05 bits per heavy atom. The van der Waals surface area contributed by atoms with Gasteiger partial charge >= 0.3 is 0 Å². The number of ketones is 1. The van der Waals surface area contributed by atoms with Crippen molar-refractivity contribution in [3.05, 3.63) is 54.1 Å². The molecule has 0 aliphatic carbocycles. The number of methoxy groups -OCH3 is 1. The fourth-order valence-electron chi connectivity index (χ4n) is 2.09. The van der Waals surface area contributed by atoms with E-state index in [0.29, 0.717) is 6.42 Å². The molecule has 2 aromatic rings. The van der Waals surface area contributed by atoms with Crippen molar-refractivity contribution in [1.82, 2.24) is 0 Å². The van der Waals surface area contributed by atoms with E-state index in [0.717, 1.165) is 22.4 Å². The molecular weight excluding hydrogens is 248 g/mol. The molecule has 0 saturated carbocycles. The molecule has 0 unspecified atom stereocenters. The van der Waals surface area contributed by atoms with E-state index in [4.69, 9.17) is 4.74 Å². The van der Waals surface area contributed by atoms with Crippen LogP contribution in [-0.4, -0.2) is 12.9 Å². The van der Waals surface area contributed by atoms with Crippen molar-refractivity contribution in [2.45, 2.75) is 20.3 Å². The first-order valence-corrected chi connectivity index (χ1v) is 6.87. The minimum absolute atomic E-state index is 0.0869. The highest BCUT2D eigenvalue weighted by atomic mass is 16.5. The molecule has 0 saturated heterocycles. The summed E-state index contributed by atoms with van der Waals surface area (Å²) >= 11 is 0. The van der Waals surface area contributed by atoms with Crippen LogP contribution in [0.5, 0.6) is 5.75 Å². The normalized spacial score (nSPS) is 10.6. The summed E-state index contributed by atoms with van der Waals surface area (Å²) in [5, 5.41) is 0. The molecule has 2 heteroatoms. The molecule has 0 amide bonds. The molecule has 2 nitrogen and oxygen atoms in total. The summed E-state index contributed by atoms with van der Waals surface area (Å²) in [4.78, 5) is 11.7. The maximum Gasteiger partial charge on any atom is 0.139 e. The average Bonchev–Trinajstić information content (AvgIpc) is 2.48. The Labute approximate surface area is 120 Å². The van der Waals surface area contributed by atoms with Crippen LogP contribution >= 0.6 is 0 Å². The van der Waals surface area contributed by atoms with Crippen LogP contribution in [0.1, 0.15) is 19.4 Å². The van der Waals surface area contributed by atoms with Gasteiger partial charge in [0, 0.05) is 17.9 Å². The number of carbonyl (C=O) groups excluding carboxylic acids is 1. The number of rotatable bonds is 5. The molecule has 2 rings (SSSR count). The molecule has 20 heavy (non-hydrogen) atoms. The van der Waals surface area contributed by atoms with E-state index in [2.05, 4.69) is 0 Å². The van der Waals surface area contributed by atoms with Crippen LogP contribution in [0.15, 0.2) is 48.5 Å². The lowest BCUT2D eigenvalue weighted by Gasteiger charge is -2.09. The lowest BCUT2D eigenvalue weighted by molar-refractivity contribution is -0.121. The first kappa shape index (κ1) is 14.3. The van der Waals surface area contributed by atoms with E-state index in [1.807, 2.05) is 62.4 Å². The monoisotopic (exact) mass is 268 g/mol. The summed E-state index contributed by atoms with van der Waals surface area (Å²) in [5.41, 5.74) is 3.22. The molecule has 104 valence electrons. The van der Waals surface area contributed by atoms with Crippen molar-refractivity contribution >= 4 is 5.78 Å². The molecule has 0 fully saturated rings. The van der Waals surface area contributed by atoms with E-state index in [-0.39, 0.29) is 11.7 Å². The van der Waals surface area contributed by atoms with Crippen LogP contribution in [0.2, 0.25) is 0 Å². The fourth-order valence-corrected chi connectivity index (χ4v) is 2.09. The third-order valence-corrected chi connectivity index (χ3v) is 3.39. The number of hydrogen-bond donors (Lipinski definition) is 0. The molecule has 0 aliphatic rings. The van der Waals surface area contributed by atoms with Gasteiger partial charge in [0.2, 0.25) is 0 Å². The van der Waals surface area contributed by atoms with E-state index < -0.39 is 0 Å². The van der Waals surface area contributed by atoms with Crippen molar-refractivity contribution in [3.63, 3.8) is 0 Å². The molecule has 0 bridgehead atoms. The molecule has 2 aromatic carbocycles. The number of Topliss-reactive ketones (excluding diaryl/α,β-unsaturated/α-hetero) is 1. The first-order chi connectivity index (χ1) is 9.61. The Morgan fingerprint density at radius 2 is 1.70 bits per heavy atom. The van der Waals surface area contributed by atoms with Gasteiger partial charge < -0.3 is 4.74 Å². The zero-order valence-corrected chi connectivity index (χ0v) is 12.2. The van der Waals surface area contributed by atoms with Crippen LogP contribution in [0.3, 0.4) is 0 Å². The number of carbonyl (C=O) groups is 1. The van der Waals surface area contributed by atoms with Crippen molar-refractivity contribution < 1.29 is 9.53 Å². The summed E-state index contributed by atoms with van der Waals surface area (Å²) in [5.74, 6) is 1.22. The molecular formula is C18H20O2. The molecule has 0 spiro atoms. The summed E-state index contributed by atoms with van der Waals surface area (Å²) in [6, 6.07) is 16.1. The highest BCUT2D eigenvalue weighted by molar-refractivity contribution is 5.82. The standard InChI is InChI=1S/C18H20O2/c1-13(2)17(19)12-14-8-10-15(11-9-14)16-6-4-5-7-18(16)20-3/h4-11,13H,12H2,1-3H3. The van der Waals surface area contributed by atoms with Crippen LogP contribution in [0, 0.1) is 5.92 Å². The lowest BCUT2D eigenvalue weighted by atomic mass is 9.98. The largest absolute Gasteiger partial charge is 0.496 e. The van der Waals surface area contributed by atoms with Crippen LogP contribution in [0.25, 0.3) is 11.1 Å². The first-order valence-electron chi connectivity index (χ1n) is 6.87. The van der Waals surface area contributed by atoms with E-state index >= 15 is 0 Å². The summed E-state index contributed by atoms with van der Waals surface area (Å²) in [6.45, 7) is 3.87. The van der Waals surface area contributed by atoms with Gasteiger partial charge in [-0.1, -0.05) is 56.3 Å². The van der Waals surface area contributed by atoms with E-state index in [1.54, 1.807) is 7.11 Å². The maximum atomic E-state index is 11.7. The van der Waals surface area contributed by atoms with Gasteiger partial charge in [-0.3, -0.25) is 4.79 Å². The minimum Gasteiger partial charge on any atom is -0.496 e. The second kappa shape index (κ2) is 6.38. The fraction of sp³-hybridized carbons (Fsp3) is 0.278. The minimum atomic E-state index is 0.0869. The zero-order chi connectivity index (χ0) is 14.5. The Morgan fingerprint density at radius 3 is 2.30 bits per heavy atom. The Bertz CT molecular complexity index is 583. The quantitative estimate of drug-likeness (QED) is 0.815. The van der Waals surface area contributed by atoms with Crippen molar-refractivity contribution in [2.75, 3.05) is 7.11 Å². The lowest BCUT2D eigenvalue weighted by Crippen LogP contribution is -2.09. The Hall–Kier alpha value is -2.09. The van der Waals surface area contributed by atoms with Crippen molar-refractivity contribution in [2.24, 2.45) is 5.92 Å². The van der Waals surface area contributed by atoms with Gasteiger partial charge in [-0.05, 0) is 17.2 Å². The molecule has 0 aromatic heterocycles. The van der Waals surface area contributed by atoms with Gasteiger partial charge in [0.1, 0.15) is 11.5 Å². The SMILES string of the molecule is COc1ccccc1-c1ccc(CC(=O)C(C)C)cc1. The maximum absolute atomic E-state index is 11.7. The Kier molecular flexibility index (Phi) is 4.57. The molecule has 0 radical (unpaired) electrons. The van der Waals surface area contributed by atoms with Gasteiger partial charge in [-0.25, -0.2) is 0 Å². The van der Waals surface area contributed by atoms with E-state index in [1.165, 1.54) is 0 Å². The van der Waals surface area contributed by atoms with Gasteiger partial charge in [0.15, 0.2) is 0 Å². The third-order valence-electron chi connectivity index (χ3n) is 3.39. The smallest absolute Gasteiger partial charge is 0.139 e. The zero-order valence-electron chi connectivity index (χ0n) is 12.2. The third kappa shape index (κ3) is 3.27. The van der Waals surface area contributed by atoms with Crippen LogP contribution in [-0.2, 0) is 11.2 Å². The summed E-state index contributed by atoms with van der Waals surface area (Å²) < 4.78 is 5.37. The number of para-hydroxylation sites is 1. The Balaban J connectivity index is 2.22. The summed E-state index contributed by atoms with van der Waals surface area (Å²) in [6.07, 6.45) is 0.504. The average molecular weight is 268 g/mol. The number of hydrogen-bond acceptors (Lipinski definition) is 2. The second-order valence-electron chi connectivity index (χ2n) is 5.19. The number of benzene rings is 2. The molecule has 0 aliphatic heterocycles. The predicted octanol–water partition coefficient (Wildman–Crippen LogP) is 4.13. The highest BCUT2D eigenvalue weighted by Crippen LogP contribution is 2.29. The van der Waals surface area contributed by atoms with Crippen LogP contribution in [0.4, 0.5) is 0 Å². The van der Waals surface area contributed by atoms with Gasteiger partial charge in [-0.15, -0.1) is 0 Å².